The summed E-state index contributed by atoms with van der Waals surface area (Å²) in [6, 6.07) is 4.83. The van der Waals surface area contributed by atoms with Crippen LogP contribution in [0.25, 0.3) is 11.0 Å². The fourth-order valence-electron chi connectivity index (χ4n) is 4.45. The molecule has 0 aliphatic carbocycles. The maximum atomic E-state index is 14.3. The molecule has 2 aromatic heterocycles. The Labute approximate surface area is 203 Å². The number of nitrogens with zero attached hydrogens (tertiary/aromatic N) is 3. The van der Waals surface area contributed by atoms with E-state index in [1.807, 2.05) is 0 Å². The fraction of sp³-hybridized carbons (Fsp3) is 0.304. The molecular formula is C23H21ClF2N6O3. The number of hydrogen-bond donors (Lipinski definition) is 3. The topological polar surface area (TPSA) is 108 Å². The number of benzene rings is 1. The lowest BCUT2D eigenvalue weighted by atomic mass is 10.1. The van der Waals surface area contributed by atoms with Gasteiger partial charge in [-0.15, -0.1) is 0 Å². The standard InChI is InChI=1S/C23H21ClF2N6O3/c24-16-3-1-2-12(19(16)26)7-28-22(34)17-6-14(25)10-32(17)18(33)11-31-5-4-15-20-13(8-27-21(15)31)9-29-23(35)30-20/h1-5,8,14,17H,6-7,9-11H2,(H,28,34)(H2,29,30,35)/t14-,17+/m1/s1. The van der Waals surface area contributed by atoms with Gasteiger partial charge in [0.15, 0.2) is 0 Å². The molecule has 0 bridgehead atoms. The van der Waals surface area contributed by atoms with Crippen LogP contribution in [0.15, 0.2) is 36.7 Å². The summed E-state index contributed by atoms with van der Waals surface area (Å²) >= 11 is 5.77. The molecule has 2 aliphatic rings. The number of halogens is 3. The fourth-order valence-corrected chi connectivity index (χ4v) is 4.65. The third kappa shape index (κ3) is 4.39. The van der Waals surface area contributed by atoms with Crippen LogP contribution in [0, 0.1) is 5.82 Å². The Hall–Kier alpha value is -3.73. The molecule has 2 aliphatic heterocycles. The van der Waals surface area contributed by atoms with Gasteiger partial charge < -0.3 is 25.4 Å². The summed E-state index contributed by atoms with van der Waals surface area (Å²) in [7, 11) is 0. The summed E-state index contributed by atoms with van der Waals surface area (Å²) in [6.45, 7) is -0.179. The highest BCUT2D eigenvalue weighted by Gasteiger charge is 2.39. The molecule has 2 atom stereocenters. The predicted molar refractivity (Wildman–Crippen MR) is 124 cm³/mol. The van der Waals surface area contributed by atoms with Crippen LogP contribution >= 0.6 is 11.6 Å². The molecule has 9 nitrogen and oxygen atoms in total. The molecular weight excluding hydrogens is 482 g/mol. The number of pyridine rings is 1. The second kappa shape index (κ2) is 9.14. The van der Waals surface area contributed by atoms with Gasteiger partial charge in [0.1, 0.15) is 30.2 Å². The zero-order chi connectivity index (χ0) is 24.7. The molecule has 0 saturated carbocycles. The van der Waals surface area contributed by atoms with Crippen LogP contribution in [0.3, 0.4) is 0 Å². The number of aromatic nitrogens is 2. The molecule has 182 valence electrons. The van der Waals surface area contributed by atoms with Crippen molar-refractivity contribution in [2.75, 3.05) is 11.9 Å². The first kappa shape index (κ1) is 23.0. The number of anilines is 1. The Morgan fingerprint density at radius 3 is 2.94 bits per heavy atom. The van der Waals surface area contributed by atoms with Gasteiger partial charge in [-0.1, -0.05) is 23.7 Å². The highest BCUT2D eigenvalue weighted by Crippen LogP contribution is 2.29. The van der Waals surface area contributed by atoms with Crippen molar-refractivity contribution in [1.29, 1.82) is 0 Å². The van der Waals surface area contributed by atoms with Gasteiger partial charge in [-0.05, 0) is 12.1 Å². The van der Waals surface area contributed by atoms with Gasteiger partial charge in [0.05, 0.1) is 17.3 Å². The number of alkyl halides is 1. The number of urea groups is 1. The Balaban J connectivity index is 1.31. The molecule has 1 fully saturated rings. The monoisotopic (exact) mass is 502 g/mol. The average molecular weight is 503 g/mol. The van der Waals surface area contributed by atoms with E-state index in [1.54, 1.807) is 29.1 Å². The second-order valence-electron chi connectivity index (χ2n) is 8.47. The van der Waals surface area contributed by atoms with Gasteiger partial charge >= 0.3 is 6.03 Å². The van der Waals surface area contributed by atoms with Crippen LogP contribution in [0.2, 0.25) is 5.02 Å². The largest absolute Gasteiger partial charge is 0.350 e. The Morgan fingerprint density at radius 1 is 1.29 bits per heavy atom. The first-order chi connectivity index (χ1) is 16.8. The molecule has 5 rings (SSSR count). The van der Waals surface area contributed by atoms with Crippen molar-refractivity contribution in [2.45, 2.75) is 38.3 Å². The van der Waals surface area contributed by atoms with Gasteiger partial charge in [-0.2, -0.15) is 0 Å². The van der Waals surface area contributed by atoms with Crippen molar-refractivity contribution in [3.05, 3.63) is 58.6 Å². The van der Waals surface area contributed by atoms with Crippen LogP contribution in [0.4, 0.5) is 19.3 Å². The molecule has 35 heavy (non-hydrogen) atoms. The minimum Gasteiger partial charge on any atom is -0.350 e. The molecule has 0 unspecified atom stereocenters. The molecule has 1 saturated heterocycles. The third-order valence-corrected chi connectivity index (χ3v) is 6.50. The van der Waals surface area contributed by atoms with Crippen LogP contribution in [0.1, 0.15) is 17.5 Å². The van der Waals surface area contributed by atoms with E-state index in [0.29, 0.717) is 23.3 Å². The lowest BCUT2D eigenvalue weighted by Crippen LogP contribution is -2.46. The number of fused-ring (bicyclic) bond motifs is 3. The smallest absolute Gasteiger partial charge is 0.319 e. The maximum absolute atomic E-state index is 14.3. The van der Waals surface area contributed by atoms with E-state index in [2.05, 4.69) is 20.9 Å². The number of nitrogens with one attached hydrogen (secondary N) is 3. The summed E-state index contributed by atoms with van der Waals surface area (Å²) in [5.41, 5.74) is 2.11. The zero-order valence-electron chi connectivity index (χ0n) is 18.4. The molecule has 3 N–H and O–H groups in total. The number of likely N-dealkylation sites (tertiary alicyclic amines) is 1. The van der Waals surface area contributed by atoms with Gasteiger partial charge in [-0.3, -0.25) is 9.59 Å². The molecule has 4 amide bonds. The molecule has 0 radical (unpaired) electrons. The Morgan fingerprint density at radius 2 is 2.11 bits per heavy atom. The molecule has 0 spiro atoms. The van der Waals surface area contributed by atoms with Gasteiger partial charge in [0, 0.05) is 48.4 Å². The predicted octanol–water partition coefficient (Wildman–Crippen LogP) is 2.72. The quantitative estimate of drug-likeness (QED) is 0.498. The zero-order valence-corrected chi connectivity index (χ0v) is 19.1. The minimum absolute atomic E-state index is 0.0668. The average Bonchev–Trinajstić information content (AvgIpc) is 3.43. The minimum atomic E-state index is -1.35. The third-order valence-electron chi connectivity index (χ3n) is 6.21. The van der Waals surface area contributed by atoms with Crippen LogP contribution in [0.5, 0.6) is 0 Å². The van der Waals surface area contributed by atoms with E-state index in [0.717, 1.165) is 5.56 Å². The number of carbonyl (C=O) groups is 3. The van der Waals surface area contributed by atoms with E-state index in [9.17, 15) is 23.2 Å². The van der Waals surface area contributed by atoms with E-state index in [1.165, 1.54) is 17.0 Å². The van der Waals surface area contributed by atoms with Gasteiger partial charge in [0.25, 0.3) is 0 Å². The lowest BCUT2D eigenvalue weighted by molar-refractivity contribution is -0.139. The summed E-state index contributed by atoms with van der Waals surface area (Å²) in [6.07, 6.45) is 1.77. The lowest BCUT2D eigenvalue weighted by Gasteiger charge is -2.24. The summed E-state index contributed by atoms with van der Waals surface area (Å²) < 4.78 is 30.0. The van der Waals surface area contributed by atoms with Crippen molar-refractivity contribution < 1.29 is 23.2 Å². The SMILES string of the molecule is O=C1NCc2cnc3c(ccn3CC(=O)N3C[C@H](F)C[C@H]3C(=O)NCc3cccc(Cl)c3F)c2N1. The number of rotatable bonds is 5. The normalized spacial score (nSPS) is 19.3. The van der Waals surface area contributed by atoms with Crippen molar-refractivity contribution in [3.8, 4) is 0 Å². The molecule has 3 aromatic rings. The number of carbonyl (C=O) groups excluding carboxylic acids is 3. The first-order valence-corrected chi connectivity index (χ1v) is 11.4. The maximum Gasteiger partial charge on any atom is 0.319 e. The highest BCUT2D eigenvalue weighted by molar-refractivity contribution is 6.30. The highest BCUT2D eigenvalue weighted by atomic mass is 35.5. The van der Waals surface area contributed by atoms with Gasteiger partial charge in [-0.25, -0.2) is 18.6 Å². The van der Waals surface area contributed by atoms with E-state index in [-0.39, 0.29) is 42.7 Å². The van der Waals surface area contributed by atoms with Crippen molar-refractivity contribution in [1.82, 2.24) is 25.1 Å². The number of hydrogen-bond acceptors (Lipinski definition) is 4. The van der Waals surface area contributed by atoms with Crippen LogP contribution in [-0.2, 0) is 29.2 Å². The Bertz CT molecular complexity index is 1350. The van der Waals surface area contributed by atoms with E-state index in [4.69, 9.17) is 11.6 Å². The molecule has 4 heterocycles. The second-order valence-corrected chi connectivity index (χ2v) is 8.88. The summed E-state index contributed by atoms with van der Waals surface area (Å²) in [5, 5.41) is 8.60. The summed E-state index contributed by atoms with van der Waals surface area (Å²) in [4.78, 5) is 43.2. The first-order valence-electron chi connectivity index (χ1n) is 11.0. The molecule has 1 aromatic carbocycles. The number of amides is 4. The van der Waals surface area contributed by atoms with Crippen molar-refractivity contribution in [2.24, 2.45) is 0 Å². The van der Waals surface area contributed by atoms with Gasteiger partial charge in [0.2, 0.25) is 11.8 Å². The Kier molecular flexibility index (Phi) is 6.01. The van der Waals surface area contributed by atoms with Crippen molar-refractivity contribution in [3.63, 3.8) is 0 Å². The van der Waals surface area contributed by atoms with Crippen LogP contribution in [-0.4, -0.2) is 51.1 Å². The summed E-state index contributed by atoms with van der Waals surface area (Å²) in [5.74, 6) is -1.67. The van der Waals surface area contributed by atoms with E-state index >= 15 is 0 Å². The molecule has 12 heteroatoms. The van der Waals surface area contributed by atoms with Crippen molar-refractivity contribution >= 4 is 46.2 Å². The van der Waals surface area contributed by atoms with E-state index < -0.39 is 29.8 Å². The van der Waals surface area contributed by atoms with Crippen LogP contribution < -0.4 is 16.0 Å².